The van der Waals surface area contributed by atoms with E-state index in [2.05, 4.69) is 10.2 Å². The van der Waals surface area contributed by atoms with E-state index in [0.29, 0.717) is 19.4 Å². The first-order valence-corrected chi connectivity index (χ1v) is 10.3. The van der Waals surface area contributed by atoms with Gasteiger partial charge < -0.3 is 10.1 Å². The molecule has 0 amide bonds. The van der Waals surface area contributed by atoms with Gasteiger partial charge in [-0.3, -0.25) is 9.69 Å². The molecule has 1 heterocycles. The van der Waals surface area contributed by atoms with Crippen LogP contribution in [0.5, 0.6) is 0 Å². The Morgan fingerprint density at radius 3 is 2.43 bits per heavy atom. The van der Waals surface area contributed by atoms with Crippen molar-refractivity contribution in [3.05, 3.63) is 34.9 Å². The molecule has 1 N–H and O–H groups in total. The zero-order valence-electron chi connectivity index (χ0n) is 17.2. The predicted molar refractivity (Wildman–Crippen MR) is 106 cm³/mol. The molecular formula is C22H32F2N2O2. The molecule has 2 aliphatic rings. The molecule has 1 aromatic carbocycles. The zero-order valence-corrected chi connectivity index (χ0v) is 17.2. The van der Waals surface area contributed by atoms with Crippen molar-refractivity contribution >= 4 is 5.97 Å². The number of hydrogen-bond acceptors (Lipinski definition) is 4. The van der Waals surface area contributed by atoms with Crippen molar-refractivity contribution in [3.8, 4) is 0 Å². The number of rotatable bonds is 5. The smallest absolute Gasteiger partial charge is 0.317 e. The topological polar surface area (TPSA) is 41.6 Å². The minimum atomic E-state index is -2.55. The van der Waals surface area contributed by atoms with Gasteiger partial charge in [0.25, 0.3) is 6.43 Å². The monoisotopic (exact) mass is 394 g/mol. The van der Waals surface area contributed by atoms with Crippen LogP contribution >= 0.6 is 0 Å². The summed E-state index contributed by atoms with van der Waals surface area (Å²) in [4.78, 5) is 15.6. The fourth-order valence-electron chi connectivity index (χ4n) is 4.36. The summed E-state index contributed by atoms with van der Waals surface area (Å²) in [5, 5.41) is 3.33. The van der Waals surface area contributed by atoms with E-state index in [1.54, 1.807) is 12.1 Å². The lowest BCUT2D eigenvalue weighted by atomic mass is 9.75. The summed E-state index contributed by atoms with van der Waals surface area (Å²) in [6.07, 6.45) is 0.576. The number of piperazine rings is 1. The van der Waals surface area contributed by atoms with E-state index in [-0.39, 0.29) is 11.5 Å². The number of nitrogens with one attached hydrogen (secondary N) is 1. The summed E-state index contributed by atoms with van der Waals surface area (Å²) in [5.74, 6) is -0.273. The van der Waals surface area contributed by atoms with E-state index < -0.39 is 17.4 Å². The molecule has 1 aliphatic carbocycles. The first kappa shape index (κ1) is 21.2. The van der Waals surface area contributed by atoms with Gasteiger partial charge in [0.05, 0.1) is 5.41 Å². The molecular weight excluding hydrogens is 362 g/mol. The summed E-state index contributed by atoms with van der Waals surface area (Å²) in [6.45, 7) is 9.89. The number of esters is 1. The van der Waals surface area contributed by atoms with Crippen molar-refractivity contribution in [2.45, 2.75) is 70.4 Å². The maximum atomic E-state index is 13.5. The van der Waals surface area contributed by atoms with Crippen LogP contribution in [-0.4, -0.2) is 42.6 Å². The molecule has 3 rings (SSSR count). The summed E-state index contributed by atoms with van der Waals surface area (Å²) >= 11 is 0. The molecule has 1 saturated carbocycles. The van der Waals surface area contributed by atoms with Crippen LogP contribution < -0.4 is 5.32 Å². The lowest BCUT2D eigenvalue weighted by molar-refractivity contribution is -0.162. The Kier molecular flexibility index (Phi) is 6.40. The molecule has 1 aromatic rings. The fourth-order valence-corrected chi connectivity index (χ4v) is 4.36. The highest BCUT2D eigenvalue weighted by molar-refractivity contribution is 5.84. The number of ether oxygens (including phenoxy) is 1. The number of halogens is 2. The first-order valence-electron chi connectivity index (χ1n) is 10.3. The van der Waals surface area contributed by atoms with Crippen molar-refractivity contribution in [1.29, 1.82) is 0 Å². The summed E-state index contributed by atoms with van der Waals surface area (Å²) < 4.78 is 32.7. The number of hydrogen-bond donors (Lipinski definition) is 1. The minimum Gasteiger partial charge on any atom is -0.459 e. The van der Waals surface area contributed by atoms with Crippen molar-refractivity contribution in [2.75, 3.05) is 26.2 Å². The summed E-state index contributed by atoms with van der Waals surface area (Å²) in [6, 6.07) is 4.87. The maximum Gasteiger partial charge on any atom is 0.317 e. The molecule has 0 bridgehead atoms. The second-order valence-corrected chi connectivity index (χ2v) is 9.03. The highest BCUT2D eigenvalue weighted by Crippen LogP contribution is 2.45. The van der Waals surface area contributed by atoms with Gasteiger partial charge in [0, 0.05) is 38.3 Å². The van der Waals surface area contributed by atoms with Gasteiger partial charge in [0.2, 0.25) is 0 Å². The van der Waals surface area contributed by atoms with E-state index >= 15 is 0 Å². The third kappa shape index (κ3) is 4.71. The molecule has 1 aliphatic heterocycles. The van der Waals surface area contributed by atoms with Crippen LogP contribution in [0.4, 0.5) is 8.78 Å². The SMILES string of the molecule is CC(C)(C)OC(=O)C1(c2cc(C(F)F)ccc2CN2CCNCC2)CCCC1. The van der Waals surface area contributed by atoms with E-state index in [0.717, 1.165) is 50.1 Å². The van der Waals surface area contributed by atoms with Crippen molar-refractivity contribution in [1.82, 2.24) is 10.2 Å². The average molecular weight is 395 g/mol. The van der Waals surface area contributed by atoms with Gasteiger partial charge in [-0.05, 0) is 50.8 Å². The maximum absolute atomic E-state index is 13.5. The largest absolute Gasteiger partial charge is 0.459 e. The number of carbonyl (C=O) groups excluding carboxylic acids is 1. The van der Waals surface area contributed by atoms with Gasteiger partial charge in [0.1, 0.15) is 5.60 Å². The molecule has 0 radical (unpaired) electrons. The van der Waals surface area contributed by atoms with Gasteiger partial charge in [0.15, 0.2) is 0 Å². The molecule has 28 heavy (non-hydrogen) atoms. The standard InChI is InChI=1S/C22H32F2N2O2/c1-21(2,3)28-20(27)22(8-4-5-9-22)18-14-16(19(23)24)6-7-17(18)15-26-12-10-25-11-13-26/h6-7,14,19,25H,4-5,8-13,15H2,1-3H3. The van der Waals surface area contributed by atoms with Gasteiger partial charge in [-0.25, -0.2) is 8.78 Å². The van der Waals surface area contributed by atoms with E-state index in [4.69, 9.17) is 4.74 Å². The summed E-state index contributed by atoms with van der Waals surface area (Å²) in [5.41, 5.74) is 0.274. The first-order chi connectivity index (χ1) is 13.2. The predicted octanol–water partition coefficient (Wildman–Crippen LogP) is 4.18. The van der Waals surface area contributed by atoms with Crippen molar-refractivity contribution < 1.29 is 18.3 Å². The van der Waals surface area contributed by atoms with Gasteiger partial charge in [-0.1, -0.05) is 25.0 Å². The lowest BCUT2D eigenvalue weighted by Gasteiger charge is -2.35. The molecule has 4 nitrogen and oxygen atoms in total. The number of alkyl halides is 2. The molecule has 0 atom stereocenters. The number of nitrogens with zero attached hydrogens (tertiary/aromatic N) is 1. The highest BCUT2D eigenvalue weighted by Gasteiger charge is 2.47. The molecule has 156 valence electrons. The van der Waals surface area contributed by atoms with Crippen LogP contribution in [0.1, 0.15) is 69.6 Å². The van der Waals surface area contributed by atoms with E-state index in [9.17, 15) is 13.6 Å². The quantitative estimate of drug-likeness (QED) is 0.761. The number of benzene rings is 1. The normalized spacial score (nSPS) is 20.5. The molecule has 2 fully saturated rings. The van der Waals surface area contributed by atoms with Crippen LogP contribution in [0.15, 0.2) is 18.2 Å². The molecule has 1 saturated heterocycles. The Morgan fingerprint density at radius 2 is 1.86 bits per heavy atom. The van der Waals surface area contributed by atoms with Crippen molar-refractivity contribution in [2.24, 2.45) is 0 Å². The van der Waals surface area contributed by atoms with E-state index in [1.165, 1.54) is 6.07 Å². The second kappa shape index (κ2) is 8.46. The van der Waals surface area contributed by atoms with Crippen LogP contribution in [0.3, 0.4) is 0 Å². The Morgan fingerprint density at radius 1 is 1.21 bits per heavy atom. The Balaban J connectivity index is 2.01. The molecule has 6 heteroatoms. The lowest BCUT2D eigenvalue weighted by Crippen LogP contribution is -2.44. The highest BCUT2D eigenvalue weighted by atomic mass is 19.3. The molecule has 0 unspecified atom stereocenters. The van der Waals surface area contributed by atoms with Crippen LogP contribution in [0.2, 0.25) is 0 Å². The van der Waals surface area contributed by atoms with Crippen LogP contribution in [0, 0.1) is 0 Å². The van der Waals surface area contributed by atoms with Crippen LogP contribution in [-0.2, 0) is 21.5 Å². The third-order valence-electron chi connectivity index (χ3n) is 5.75. The number of carbonyl (C=O) groups is 1. The third-order valence-corrected chi connectivity index (χ3v) is 5.75. The minimum absolute atomic E-state index is 0.0195. The van der Waals surface area contributed by atoms with Gasteiger partial charge in [-0.2, -0.15) is 0 Å². The van der Waals surface area contributed by atoms with Gasteiger partial charge in [-0.15, -0.1) is 0 Å². The Hall–Kier alpha value is -1.53. The Labute approximate surface area is 166 Å². The van der Waals surface area contributed by atoms with Crippen molar-refractivity contribution in [3.63, 3.8) is 0 Å². The average Bonchev–Trinajstić information content (AvgIpc) is 3.12. The van der Waals surface area contributed by atoms with Crippen LogP contribution in [0.25, 0.3) is 0 Å². The molecule has 0 spiro atoms. The summed E-state index contributed by atoms with van der Waals surface area (Å²) in [7, 11) is 0. The Bertz CT molecular complexity index is 688. The fraction of sp³-hybridized carbons (Fsp3) is 0.682. The molecule has 0 aromatic heterocycles. The van der Waals surface area contributed by atoms with Gasteiger partial charge >= 0.3 is 5.97 Å². The zero-order chi connectivity index (χ0) is 20.4. The van der Waals surface area contributed by atoms with E-state index in [1.807, 2.05) is 20.8 Å². The second-order valence-electron chi connectivity index (χ2n) is 9.03.